The highest BCUT2D eigenvalue weighted by molar-refractivity contribution is 7.94. The van der Waals surface area contributed by atoms with Gasteiger partial charge in [-0.1, -0.05) is 39.8 Å². The summed E-state index contributed by atoms with van der Waals surface area (Å²) in [7, 11) is 2.35. The van der Waals surface area contributed by atoms with Crippen LogP contribution in [-0.4, -0.2) is 45.6 Å². The van der Waals surface area contributed by atoms with Crippen LogP contribution in [0.5, 0.6) is 23.0 Å². The van der Waals surface area contributed by atoms with Crippen molar-refractivity contribution in [3.8, 4) is 23.0 Å². The summed E-state index contributed by atoms with van der Waals surface area (Å²) < 4.78 is 36.2. The van der Waals surface area contributed by atoms with Crippen LogP contribution in [0.2, 0.25) is 0 Å². The summed E-state index contributed by atoms with van der Waals surface area (Å²) in [6, 6.07) is 10.8. The molecule has 1 atom stereocenters. The van der Waals surface area contributed by atoms with E-state index < -0.39 is 18.2 Å². The maximum Gasteiger partial charge on any atom is 0.211 e. The first-order valence-electron chi connectivity index (χ1n) is 13.0. The van der Waals surface area contributed by atoms with Gasteiger partial charge in [-0.25, -0.2) is 0 Å². The Bertz CT molecular complexity index is 1030. The maximum absolute atomic E-state index is 14.3. The van der Waals surface area contributed by atoms with Crippen molar-refractivity contribution in [3.63, 3.8) is 0 Å². The summed E-state index contributed by atoms with van der Waals surface area (Å²) in [5, 5.41) is 0. The van der Waals surface area contributed by atoms with Crippen LogP contribution in [0.15, 0.2) is 36.4 Å². The third kappa shape index (κ3) is 8.10. The fraction of sp³-hybridized carbons (Fsp3) is 0.533. The standard InChI is InChI=1S/C30H43O7P/c1-21(19-30(2,3)4)20-38(33,28(31)17-15-22-24(34-5)11-9-12-25(22)35-6)29(32)18-16-23-26(36-7)13-10-14-27(23)37-8/h9-14,21H,15-20H2,1-8H3. The third-order valence-electron chi connectivity index (χ3n) is 6.57. The summed E-state index contributed by atoms with van der Waals surface area (Å²) in [4.78, 5) is 27.2. The van der Waals surface area contributed by atoms with Gasteiger partial charge in [0.15, 0.2) is 11.0 Å². The van der Waals surface area contributed by atoms with Crippen molar-refractivity contribution in [2.75, 3.05) is 34.6 Å². The van der Waals surface area contributed by atoms with Gasteiger partial charge in [0, 0.05) is 30.1 Å². The molecule has 0 fully saturated rings. The van der Waals surface area contributed by atoms with Crippen molar-refractivity contribution in [1.29, 1.82) is 0 Å². The Kier molecular flexibility index (Phi) is 11.4. The molecule has 0 saturated carbocycles. The number of hydrogen-bond donors (Lipinski definition) is 0. The second kappa shape index (κ2) is 13.8. The normalized spacial score (nSPS) is 12.5. The molecule has 0 spiro atoms. The highest BCUT2D eigenvalue weighted by atomic mass is 31.2. The zero-order valence-corrected chi connectivity index (χ0v) is 25.0. The van der Waals surface area contributed by atoms with Crippen molar-refractivity contribution < 1.29 is 33.1 Å². The Hall–Kier alpha value is -2.79. The number of ether oxygens (including phenoxy) is 4. The van der Waals surface area contributed by atoms with Crippen LogP contribution >= 0.6 is 7.14 Å². The molecule has 0 saturated heterocycles. The number of rotatable bonds is 15. The van der Waals surface area contributed by atoms with E-state index in [4.69, 9.17) is 18.9 Å². The highest BCUT2D eigenvalue weighted by Gasteiger charge is 2.40. The molecular weight excluding hydrogens is 503 g/mol. The second-order valence-corrected chi connectivity index (χ2v) is 13.7. The zero-order valence-electron chi connectivity index (χ0n) is 24.1. The minimum absolute atomic E-state index is 0.0219. The lowest BCUT2D eigenvalue weighted by Crippen LogP contribution is -2.21. The van der Waals surface area contributed by atoms with Gasteiger partial charge in [0.25, 0.3) is 0 Å². The van der Waals surface area contributed by atoms with Crippen LogP contribution in [0.4, 0.5) is 0 Å². The molecule has 7 nitrogen and oxygen atoms in total. The van der Waals surface area contributed by atoms with Gasteiger partial charge in [-0.2, -0.15) is 0 Å². The molecule has 0 aliphatic carbocycles. The van der Waals surface area contributed by atoms with Crippen molar-refractivity contribution >= 4 is 18.2 Å². The van der Waals surface area contributed by atoms with Gasteiger partial charge in [0.2, 0.25) is 7.14 Å². The molecule has 1 unspecified atom stereocenters. The van der Waals surface area contributed by atoms with E-state index in [0.29, 0.717) is 34.1 Å². The van der Waals surface area contributed by atoms with Crippen molar-refractivity contribution in [2.45, 2.75) is 59.8 Å². The molecule has 0 aliphatic heterocycles. The van der Waals surface area contributed by atoms with Crippen LogP contribution in [0.3, 0.4) is 0 Å². The predicted molar refractivity (Wildman–Crippen MR) is 151 cm³/mol. The SMILES string of the molecule is COc1cccc(OC)c1CCC(=O)P(=O)(CC(C)CC(C)(C)C)C(=O)CCc1c(OC)cccc1OC. The molecule has 210 valence electrons. The molecule has 2 aromatic carbocycles. The van der Waals surface area contributed by atoms with Crippen LogP contribution < -0.4 is 18.9 Å². The Morgan fingerprint density at radius 2 is 1.08 bits per heavy atom. The molecule has 0 aromatic heterocycles. The smallest absolute Gasteiger partial charge is 0.211 e. The summed E-state index contributed by atoms with van der Waals surface area (Å²) in [6.45, 7) is 8.25. The van der Waals surface area contributed by atoms with E-state index in [1.165, 1.54) is 0 Å². The highest BCUT2D eigenvalue weighted by Crippen LogP contribution is 2.53. The Morgan fingerprint density at radius 3 is 1.37 bits per heavy atom. The molecule has 8 heteroatoms. The first-order chi connectivity index (χ1) is 17.9. The largest absolute Gasteiger partial charge is 0.496 e. The Labute approximate surface area is 227 Å². The lowest BCUT2D eigenvalue weighted by molar-refractivity contribution is -0.115. The monoisotopic (exact) mass is 546 g/mol. The number of benzene rings is 2. The van der Waals surface area contributed by atoms with Gasteiger partial charge in [-0.05, 0) is 54.9 Å². The van der Waals surface area contributed by atoms with E-state index in [1.54, 1.807) is 64.8 Å². The lowest BCUT2D eigenvalue weighted by Gasteiger charge is -2.26. The first kappa shape index (κ1) is 31.4. The molecule has 2 rings (SSSR count). The van der Waals surface area contributed by atoms with E-state index in [9.17, 15) is 14.2 Å². The maximum atomic E-state index is 14.3. The lowest BCUT2D eigenvalue weighted by atomic mass is 9.86. The van der Waals surface area contributed by atoms with Gasteiger partial charge >= 0.3 is 0 Å². The molecule has 2 aromatic rings. The molecule has 0 radical (unpaired) electrons. The van der Waals surface area contributed by atoms with E-state index in [-0.39, 0.29) is 43.2 Å². The van der Waals surface area contributed by atoms with E-state index in [0.717, 1.165) is 6.42 Å². The van der Waals surface area contributed by atoms with Crippen LogP contribution in [0.1, 0.15) is 58.1 Å². The fourth-order valence-electron chi connectivity index (χ4n) is 5.07. The first-order valence-corrected chi connectivity index (χ1v) is 14.8. The topological polar surface area (TPSA) is 88.1 Å². The minimum atomic E-state index is -3.85. The number of hydrogen-bond acceptors (Lipinski definition) is 7. The van der Waals surface area contributed by atoms with E-state index in [2.05, 4.69) is 20.8 Å². The molecule has 38 heavy (non-hydrogen) atoms. The van der Waals surface area contributed by atoms with Crippen LogP contribution in [-0.2, 0) is 27.0 Å². The summed E-state index contributed by atoms with van der Waals surface area (Å²) in [5.41, 5.74) is 0.412. The molecule has 0 amide bonds. The zero-order chi connectivity index (χ0) is 28.5. The van der Waals surface area contributed by atoms with Gasteiger partial charge in [-0.3, -0.25) is 9.59 Å². The Morgan fingerprint density at radius 1 is 0.737 bits per heavy atom. The minimum Gasteiger partial charge on any atom is -0.496 e. The average molecular weight is 547 g/mol. The summed E-state index contributed by atoms with van der Waals surface area (Å²) >= 11 is 0. The summed E-state index contributed by atoms with van der Waals surface area (Å²) in [6.07, 6.45) is 1.25. The molecule has 0 heterocycles. The molecule has 0 bridgehead atoms. The third-order valence-corrected chi connectivity index (χ3v) is 9.77. The molecular formula is C30H43O7P. The molecule has 0 N–H and O–H groups in total. The van der Waals surface area contributed by atoms with E-state index >= 15 is 0 Å². The van der Waals surface area contributed by atoms with Crippen molar-refractivity contribution in [2.24, 2.45) is 11.3 Å². The average Bonchev–Trinajstić information content (AvgIpc) is 2.88. The predicted octanol–water partition coefficient (Wildman–Crippen LogP) is 6.78. The van der Waals surface area contributed by atoms with Crippen molar-refractivity contribution in [1.82, 2.24) is 0 Å². The van der Waals surface area contributed by atoms with Crippen LogP contribution in [0, 0.1) is 11.3 Å². The second-order valence-electron chi connectivity index (χ2n) is 10.9. The van der Waals surface area contributed by atoms with Gasteiger partial charge in [0.1, 0.15) is 23.0 Å². The Balaban J connectivity index is 2.34. The van der Waals surface area contributed by atoms with E-state index in [1.807, 2.05) is 6.92 Å². The van der Waals surface area contributed by atoms with Gasteiger partial charge in [0.05, 0.1) is 28.4 Å². The fourth-order valence-corrected chi connectivity index (χ4v) is 7.70. The van der Waals surface area contributed by atoms with Gasteiger partial charge in [-0.15, -0.1) is 0 Å². The number of carbonyl (C=O) groups is 2. The van der Waals surface area contributed by atoms with Crippen LogP contribution in [0.25, 0.3) is 0 Å². The molecule has 0 aliphatic rings. The van der Waals surface area contributed by atoms with Gasteiger partial charge < -0.3 is 23.5 Å². The number of carbonyl (C=O) groups excluding carboxylic acids is 2. The number of methoxy groups -OCH3 is 4. The quantitative estimate of drug-likeness (QED) is 0.228. The van der Waals surface area contributed by atoms with Crippen molar-refractivity contribution in [3.05, 3.63) is 47.5 Å². The summed E-state index contributed by atoms with van der Waals surface area (Å²) in [5.74, 6) is 2.28.